The van der Waals surface area contributed by atoms with Crippen molar-refractivity contribution in [2.75, 3.05) is 26.2 Å². The molecule has 1 aromatic rings. The first-order valence-corrected chi connectivity index (χ1v) is 7.33. The van der Waals surface area contributed by atoms with Crippen molar-refractivity contribution in [3.05, 3.63) is 29.8 Å². The van der Waals surface area contributed by atoms with Crippen LogP contribution in [0.3, 0.4) is 0 Å². The van der Waals surface area contributed by atoms with Crippen molar-refractivity contribution in [1.29, 1.82) is 0 Å². The molecule has 2 N–H and O–H groups in total. The standard InChI is InChI=1S/C16H26N2O/c1-13-6-7-18(12-14(13)2)8-9-19-16-5-3-4-15(10-16)11-17/h3-5,10,13-14H,6-9,11-12,17H2,1-2H3. The fraction of sp³-hybridized carbons (Fsp3) is 0.625. The Balaban J connectivity index is 1.74. The SMILES string of the molecule is CC1CCN(CCOc2cccc(CN)c2)CC1C. The molecule has 1 heterocycles. The van der Waals surface area contributed by atoms with Gasteiger partial charge in [-0.3, -0.25) is 4.90 Å². The van der Waals surface area contributed by atoms with Crippen LogP contribution in [0.2, 0.25) is 0 Å². The van der Waals surface area contributed by atoms with E-state index >= 15 is 0 Å². The van der Waals surface area contributed by atoms with Gasteiger partial charge in [-0.25, -0.2) is 0 Å². The number of benzene rings is 1. The summed E-state index contributed by atoms with van der Waals surface area (Å²) in [6, 6.07) is 8.06. The lowest BCUT2D eigenvalue weighted by atomic mass is 9.89. The van der Waals surface area contributed by atoms with Gasteiger partial charge in [-0.05, 0) is 42.5 Å². The van der Waals surface area contributed by atoms with Crippen molar-refractivity contribution in [3.8, 4) is 5.75 Å². The molecular formula is C16H26N2O. The lowest BCUT2D eigenvalue weighted by molar-refractivity contribution is 0.119. The number of hydrogen-bond acceptors (Lipinski definition) is 3. The van der Waals surface area contributed by atoms with Crippen molar-refractivity contribution >= 4 is 0 Å². The van der Waals surface area contributed by atoms with E-state index in [4.69, 9.17) is 10.5 Å². The van der Waals surface area contributed by atoms with E-state index in [-0.39, 0.29) is 0 Å². The van der Waals surface area contributed by atoms with Crippen LogP contribution in [0.5, 0.6) is 5.75 Å². The Kier molecular flexibility index (Phi) is 5.23. The van der Waals surface area contributed by atoms with E-state index in [2.05, 4.69) is 18.7 Å². The first-order valence-electron chi connectivity index (χ1n) is 7.33. The second-order valence-electron chi connectivity index (χ2n) is 5.74. The van der Waals surface area contributed by atoms with E-state index in [1.807, 2.05) is 24.3 Å². The third-order valence-corrected chi connectivity index (χ3v) is 4.23. The Hall–Kier alpha value is -1.06. The Morgan fingerprint density at radius 1 is 1.32 bits per heavy atom. The van der Waals surface area contributed by atoms with Gasteiger partial charge >= 0.3 is 0 Å². The molecule has 0 saturated carbocycles. The van der Waals surface area contributed by atoms with E-state index in [0.717, 1.165) is 36.3 Å². The van der Waals surface area contributed by atoms with Crippen LogP contribution >= 0.6 is 0 Å². The van der Waals surface area contributed by atoms with Crippen LogP contribution in [0.4, 0.5) is 0 Å². The highest BCUT2D eigenvalue weighted by Crippen LogP contribution is 2.22. The van der Waals surface area contributed by atoms with Crippen molar-refractivity contribution in [2.24, 2.45) is 17.6 Å². The minimum absolute atomic E-state index is 0.568. The maximum atomic E-state index is 5.82. The van der Waals surface area contributed by atoms with Gasteiger partial charge in [0, 0.05) is 19.6 Å². The normalized spacial score (nSPS) is 24.4. The van der Waals surface area contributed by atoms with E-state index in [0.29, 0.717) is 6.54 Å². The third-order valence-electron chi connectivity index (χ3n) is 4.23. The third kappa shape index (κ3) is 4.22. The molecule has 2 rings (SSSR count). The van der Waals surface area contributed by atoms with Crippen molar-refractivity contribution in [1.82, 2.24) is 4.90 Å². The number of rotatable bonds is 5. The Labute approximate surface area is 116 Å². The van der Waals surface area contributed by atoms with Crippen LogP contribution in [0.1, 0.15) is 25.8 Å². The van der Waals surface area contributed by atoms with Crippen LogP contribution in [0, 0.1) is 11.8 Å². The molecule has 0 aliphatic carbocycles. The molecule has 0 amide bonds. The first kappa shape index (κ1) is 14.4. The highest BCUT2D eigenvalue weighted by Gasteiger charge is 2.22. The summed E-state index contributed by atoms with van der Waals surface area (Å²) in [6.45, 7) is 9.46. The van der Waals surface area contributed by atoms with Crippen LogP contribution in [-0.4, -0.2) is 31.1 Å². The smallest absolute Gasteiger partial charge is 0.119 e. The van der Waals surface area contributed by atoms with E-state index < -0.39 is 0 Å². The van der Waals surface area contributed by atoms with Gasteiger partial charge in [-0.15, -0.1) is 0 Å². The summed E-state index contributed by atoms with van der Waals surface area (Å²) in [7, 11) is 0. The summed E-state index contributed by atoms with van der Waals surface area (Å²) in [5.41, 5.74) is 6.75. The summed E-state index contributed by atoms with van der Waals surface area (Å²) in [5, 5.41) is 0. The minimum atomic E-state index is 0.568. The number of nitrogens with two attached hydrogens (primary N) is 1. The molecule has 0 aromatic heterocycles. The average molecular weight is 262 g/mol. The average Bonchev–Trinajstić information content (AvgIpc) is 2.43. The lowest BCUT2D eigenvalue weighted by Gasteiger charge is -2.35. The summed E-state index contributed by atoms with van der Waals surface area (Å²) >= 11 is 0. The Morgan fingerprint density at radius 3 is 2.89 bits per heavy atom. The fourth-order valence-electron chi connectivity index (χ4n) is 2.61. The molecule has 2 atom stereocenters. The second-order valence-corrected chi connectivity index (χ2v) is 5.74. The monoisotopic (exact) mass is 262 g/mol. The summed E-state index contributed by atoms with van der Waals surface area (Å²) in [4.78, 5) is 2.51. The molecule has 2 unspecified atom stereocenters. The van der Waals surface area contributed by atoms with Crippen molar-refractivity contribution < 1.29 is 4.74 Å². The highest BCUT2D eigenvalue weighted by atomic mass is 16.5. The number of hydrogen-bond donors (Lipinski definition) is 1. The predicted molar refractivity (Wildman–Crippen MR) is 79.2 cm³/mol. The van der Waals surface area contributed by atoms with Gasteiger partial charge in [0.05, 0.1) is 0 Å². The quantitative estimate of drug-likeness (QED) is 0.886. The van der Waals surface area contributed by atoms with E-state index in [1.54, 1.807) is 0 Å². The fourth-order valence-corrected chi connectivity index (χ4v) is 2.61. The van der Waals surface area contributed by atoms with Crippen molar-refractivity contribution in [3.63, 3.8) is 0 Å². The zero-order chi connectivity index (χ0) is 13.7. The zero-order valence-corrected chi connectivity index (χ0v) is 12.1. The maximum absolute atomic E-state index is 5.82. The Bertz CT molecular complexity index is 394. The summed E-state index contributed by atoms with van der Waals surface area (Å²) in [5.74, 6) is 2.59. The second kappa shape index (κ2) is 6.92. The van der Waals surface area contributed by atoms with Gasteiger partial charge in [-0.2, -0.15) is 0 Å². The van der Waals surface area contributed by atoms with Gasteiger partial charge in [0.15, 0.2) is 0 Å². The summed E-state index contributed by atoms with van der Waals surface area (Å²) in [6.07, 6.45) is 1.31. The first-order chi connectivity index (χ1) is 9.19. The predicted octanol–water partition coefficient (Wildman–Crippen LogP) is 2.50. The Morgan fingerprint density at radius 2 is 2.16 bits per heavy atom. The maximum Gasteiger partial charge on any atom is 0.119 e. The minimum Gasteiger partial charge on any atom is -0.492 e. The molecule has 1 saturated heterocycles. The van der Waals surface area contributed by atoms with Gasteiger partial charge in [-0.1, -0.05) is 26.0 Å². The molecule has 0 radical (unpaired) electrons. The van der Waals surface area contributed by atoms with Crippen LogP contribution in [0.15, 0.2) is 24.3 Å². The van der Waals surface area contributed by atoms with E-state index in [9.17, 15) is 0 Å². The largest absolute Gasteiger partial charge is 0.492 e. The number of ether oxygens (including phenoxy) is 1. The molecule has 1 aromatic carbocycles. The molecular weight excluding hydrogens is 236 g/mol. The highest BCUT2D eigenvalue weighted by molar-refractivity contribution is 5.28. The number of nitrogens with zero attached hydrogens (tertiary/aromatic N) is 1. The molecule has 0 spiro atoms. The van der Waals surface area contributed by atoms with Gasteiger partial charge in [0.1, 0.15) is 12.4 Å². The molecule has 3 nitrogen and oxygen atoms in total. The molecule has 3 heteroatoms. The molecule has 1 fully saturated rings. The molecule has 1 aliphatic rings. The summed E-state index contributed by atoms with van der Waals surface area (Å²) < 4.78 is 5.82. The van der Waals surface area contributed by atoms with Crippen LogP contribution in [0.25, 0.3) is 0 Å². The number of likely N-dealkylation sites (tertiary alicyclic amines) is 1. The van der Waals surface area contributed by atoms with Gasteiger partial charge in [0.2, 0.25) is 0 Å². The van der Waals surface area contributed by atoms with Crippen molar-refractivity contribution in [2.45, 2.75) is 26.8 Å². The topological polar surface area (TPSA) is 38.5 Å². The molecule has 1 aliphatic heterocycles. The molecule has 0 bridgehead atoms. The number of piperidine rings is 1. The van der Waals surface area contributed by atoms with Gasteiger partial charge < -0.3 is 10.5 Å². The van der Waals surface area contributed by atoms with Crippen LogP contribution < -0.4 is 10.5 Å². The molecule has 19 heavy (non-hydrogen) atoms. The lowest BCUT2D eigenvalue weighted by Crippen LogP contribution is -2.40. The van der Waals surface area contributed by atoms with E-state index in [1.165, 1.54) is 19.5 Å². The zero-order valence-electron chi connectivity index (χ0n) is 12.1. The molecule has 106 valence electrons. The van der Waals surface area contributed by atoms with Gasteiger partial charge in [0.25, 0.3) is 0 Å². The van der Waals surface area contributed by atoms with Crippen LogP contribution in [-0.2, 0) is 6.54 Å².